The van der Waals surface area contributed by atoms with Crippen molar-refractivity contribution in [2.24, 2.45) is 5.41 Å². The first-order valence-electron chi connectivity index (χ1n) is 11.4. The molecule has 7 heteroatoms. The Bertz CT molecular complexity index is 763. The number of carbonyl (C=O) groups is 3. The van der Waals surface area contributed by atoms with E-state index in [1.54, 1.807) is 19.1 Å². The molecule has 31 heavy (non-hydrogen) atoms. The highest BCUT2D eigenvalue weighted by atomic mass is 16.5. The van der Waals surface area contributed by atoms with Gasteiger partial charge in [0.05, 0.1) is 12.5 Å². The van der Waals surface area contributed by atoms with Crippen molar-refractivity contribution in [3.8, 4) is 5.75 Å². The van der Waals surface area contributed by atoms with Crippen LogP contribution in [0.2, 0.25) is 0 Å². The van der Waals surface area contributed by atoms with Crippen molar-refractivity contribution in [3.05, 3.63) is 29.8 Å². The van der Waals surface area contributed by atoms with Crippen molar-refractivity contribution in [2.75, 3.05) is 6.54 Å². The van der Waals surface area contributed by atoms with Crippen molar-refractivity contribution >= 4 is 17.8 Å². The fourth-order valence-electron chi connectivity index (χ4n) is 4.83. The number of aliphatic carboxylic acids is 1. The topological polar surface area (TPSA) is 105 Å². The Hall–Kier alpha value is -2.57. The van der Waals surface area contributed by atoms with Crippen molar-refractivity contribution in [3.63, 3.8) is 0 Å². The van der Waals surface area contributed by atoms with Crippen LogP contribution in [0.3, 0.4) is 0 Å². The number of nitrogens with one attached hydrogen (secondary N) is 2. The Morgan fingerprint density at radius 3 is 2.26 bits per heavy atom. The maximum atomic E-state index is 12.4. The average Bonchev–Trinajstić information content (AvgIpc) is 2.74. The minimum Gasteiger partial charge on any atom is -0.490 e. The molecule has 2 aliphatic rings. The lowest BCUT2D eigenvalue weighted by Gasteiger charge is -2.36. The Balaban J connectivity index is 1.40. The summed E-state index contributed by atoms with van der Waals surface area (Å²) in [5, 5.41) is 15.3. The molecular weight excluding hydrogens is 396 g/mol. The summed E-state index contributed by atoms with van der Waals surface area (Å²) in [6, 6.07) is 7.10. The van der Waals surface area contributed by atoms with Gasteiger partial charge in [-0.3, -0.25) is 9.59 Å². The standard InChI is InChI=1S/C24H34N2O5/c1-17(27)18-5-9-20(10-6-18)31-21-11-7-19(8-12-21)26-23(30)25-16-24(15-22(28)29)13-3-2-4-14-24/h5-6,9-10,19,21H,2-4,7-8,11-16H2,1H3,(H,28,29)(H2,25,26,30). The molecule has 0 saturated heterocycles. The number of amides is 2. The van der Waals surface area contributed by atoms with Crippen molar-refractivity contribution in [1.29, 1.82) is 0 Å². The fraction of sp³-hybridized carbons (Fsp3) is 0.625. The molecular formula is C24H34N2O5. The number of hydrogen-bond acceptors (Lipinski definition) is 4. The molecule has 1 aromatic carbocycles. The highest BCUT2D eigenvalue weighted by molar-refractivity contribution is 5.94. The third kappa shape index (κ3) is 6.97. The normalized spacial score (nSPS) is 22.9. The molecule has 2 saturated carbocycles. The van der Waals surface area contributed by atoms with Gasteiger partial charge in [-0.2, -0.15) is 0 Å². The number of rotatable bonds is 8. The van der Waals surface area contributed by atoms with Gasteiger partial charge in [0.1, 0.15) is 5.75 Å². The quantitative estimate of drug-likeness (QED) is 0.533. The molecule has 2 aliphatic carbocycles. The molecule has 2 fully saturated rings. The lowest BCUT2D eigenvalue weighted by molar-refractivity contribution is -0.140. The van der Waals surface area contributed by atoms with Crippen molar-refractivity contribution in [1.82, 2.24) is 10.6 Å². The second-order valence-electron chi connectivity index (χ2n) is 9.13. The number of ether oxygens (including phenoxy) is 1. The average molecular weight is 431 g/mol. The van der Waals surface area contributed by atoms with E-state index < -0.39 is 5.97 Å². The molecule has 3 rings (SSSR count). The number of carbonyl (C=O) groups excluding carboxylic acids is 2. The van der Waals surface area contributed by atoms with Crippen LogP contribution in [0.15, 0.2) is 24.3 Å². The smallest absolute Gasteiger partial charge is 0.315 e. The Morgan fingerprint density at radius 1 is 1.03 bits per heavy atom. The van der Waals surface area contributed by atoms with Crippen LogP contribution in [-0.2, 0) is 4.79 Å². The van der Waals surface area contributed by atoms with E-state index in [9.17, 15) is 19.5 Å². The number of carboxylic acids is 1. The zero-order valence-electron chi connectivity index (χ0n) is 18.3. The van der Waals surface area contributed by atoms with Gasteiger partial charge in [0.15, 0.2) is 5.78 Å². The molecule has 7 nitrogen and oxygen atoms in total. The summed E-state index contributed by atoms with van der Waals surface area (Å²) in [6.45, 7) is 1.96. The molecule has 1 aromatic rings. The van der Waals surface area contributed by atoms with Gasteiger partial charge in [0, 0.05) is 18.2 Å². The molecule has 3 N–H and O–H groups in total. The van der Waals surface area contributed by atoms with E-state index in [-0.39, 0.29) is 35.8 Å². The number of benzene rings is 1. The van der Waals surface area contributed by atoms with E-state index in [1.165, 1.54) is 0 Å². The maximum Gasteiger partial charge on any atom is 0.315 e. The molecule has 0 radical (unpaired) electrons. The summed E-state index contributed by atoms with van der Waals surface area (Å²) in [5.74, 6) is 0.00232. The van der Waals surface area contributed by atoms with Crippen LogP contribution in [0.4, 0.5) is 4.79 Å². The van der Waals surface area contributed by atoms with Crippen LogP contribution in [0.5, 0.6) is 5.75 Å². The monoisotopic (exact) mass is 430 g/mol. The molecule has 2 amide bonds. The van der Waals surface area contributed by atoms with Crippen LogP contribution in [0.25, 0.3) is 0 Å². The van der Waals surface area contributed by atoms with Gasteiger partial charge in [-0.15, -0.1) is 0 Å². The van der Waals surface area contributed by atoms with E-state index in [0.29, 0.717) is 12.1 Å². The first kappa shape index (κ1) is 23.1. The summed E-state index contributed by atoms with van der Waals surface area (Å²) < 4.78 is 6.03. The molecule has 0 unspecified atom stereocenters. The molecule has 0 atom stereocenters. The third-order valence-corrected chi connectivity index (χ3v) is 6.64. The second-order valence-corrected chi connectivity index (χ2v) is 9.13. The first-order valence-corrected chi connectivity index (χ1v) is 11.4. The molecule has 0 bridgehead atoms. The van der Waals surface area contributed by atoms with Gasteiger partial charge in [0.25, 0.3) is 0 Å². The molecule has 0 heterocycles. The lowest BCUT2D eigenvalue weighted by Crippen LogP contribution is -2.48. The largest absolute Gasteiger partial charge is 0.490 e. The third-order valence-electron chi connectivity index (χ3n) is 6.64. The summed E-state index contributed by atoms with van der Waals surface area (Å²) in [6.07, 6.45) is 8.49. The molecule has 170 valence electrons. The lowest BCUT2D eigenvalue weighted by atomic mass is 9.72. The predicted octanol–water partition coefficient (Wildman–Crippen LogP) is 4.30. The molecule has 0 aromatic heterocycles. The van der Waals surface area contributed by atoms with Crippen LogP contribution in [0.1, 0.15) is 81.5 Å². The minimum absolute atomic E-state index is 0.0359. The van der Waals surface area contributed by atoms with Gasteiger partial charge < -0.3 is 20.5 Å². The molecule has 0 spiro atoms. The predicted molar refractivity (Wildman–Crippen MR) is 117 cm³/mol. The number of ketones is 1. The number of Topliss-reactive ketones (excluding diaryl/α,β-unsaturated/α-hetero) is 1. The van der Waals surface area contributed by atoms with Crippen LogP contribution < -0.4 is 15.4 Å². The van der Waals surface area contributed by atoms with E-state index in [0.717, 1.165) is 63.5 Å². The van der Waals surface area contributed by atoms with E-state index in [1.807, 2.05) is 12.1 Å². The maximum absolute atomic E-state index is 12.4. The van der Waals surface area contributed by atoms with E-state index >= 15 is 0 Å². The Morgan fingerprint density at radius 2 is 1.68 bits per heavy atom. The number of hydrogen-bond donors (Lipinski definition) is 3. The zero-order chi connectivity index (χ0) is 22.3. The van der Waals surface area contributed by atoms with Gasteiger partial charge in [-0.1, -0.05) is 19.3 Å². The van der Waals surface area contributed by atoms with E-state index in [2.05, 4.69) is 10.6 Å². The minimum atomic E-state index is -0.793. The van der Waals surface area contributed by atoms with Crippen molar-refractivity contribution < 1.29 is 24.2 Å². The highest BCUT2D eigenvalue weighted by Crippen LogP contribution is 2.38. The number of urea groups is 1. The summed E-state index contributed by atoms with van der Waals surface area (Å²) in [5.41, 5.74) is 0.356. The van der Waals surface area contributed by atoms with Crippen LogP contribution >= 0.6 is 0 Å². The van der Waals surface area contributed by atoms with Crippen molar-refractivity contribution in [2.45, 2.75) is 83.3 Å². The molecule has 0 aliphatic heterocycles. The summed E-state index contributed by atoms with van der Waals surface area (Å²) in [4.78, 5) is 35.1. The van der Waals surface area contributed by atoms with Gasteiger partial charge in [-0.25, -0.2) is 4.79 Å². The summed E-state index contributed by atoms with van der Waals surface area (Å²) in [7, 11) is 0. The zero-order valence-corrected chi connectivity index (χ0v) is 18.3. The highest BCUT2D eigenvalue weighted by Gasteiger charge is 2.35. The van der Waals surface area contributed by atoms with Gasteiger partial charge >= 0.3 is 12.0 Å². The number of carboxylic acid groups (broad SMARTS) is 1. The second kappa shape index (κ2) is 10.6. The van der Waals surface area contributed by atoms with Crippen LogP contribution in [0, 0.1) is 5.41 Å². The fourth-order valence-corrected chi connectivity index (χ4v) is 4.83. The first-order chi connectivity index (χ1) is 14.8. The Labute approximate surface area is 183 Å². The summed E-state index contributed by atoms with van der Waals surface area (Å²) >= 11 is 0. The van der Waals surface area contributed by atoms with Crippen LogP contribution in [-0.4, -0.2) is 41.6 Å². The Kier molecular flexibility index (Phi) is 7.93. The van der Waals surface area contributed by atoms with E-state index in [4.69, 9.17) is 4.74 Å². The van der Waals surface area contributed by atoms with Gasteiger partial charge in [-0.05, 0) is 75.1 Å². The SMILES string of the molecule is CC(=O)c1ccc(OC2CCC(NC(=O)NCC3(CC(=O)O)CCCCC3)CC2)cc1. The van der Waals surface area contributed by atoms with Gasteiger partial charge in [0.2, 0.25) is 0 Å².